The van der Waals surface area contributed by atoms with Crippen LogP contribution in [0.3, 0.4) is 0 Å². The zero-order chi connectivity index (χ0) is 54.7. The number of nitrogens with one attached hydrogen (secondary N) is 7. The van der Waals surface area contributed by atoms with Crippen LogP contribution in [0, 0.1) is 0 Å². The van der Waals surface area contributed by atoms with Gasteiger partial charge in [0.2, 0.25) is 0 Å². The van der Waals surface area contributed by atoms with Crippen molar-refractivity contribution in [3.63, 3.8) is 0 Å². The summed E-state index contributed by atoms with van der Waals surface area (Å²) in [7, 11) is 0. The Morgan fingerprint density at radius 2 is 0.852 bits per heavy atom. The van der Waals surface area contributed by atoms with Gasteiger partial charge >= 0.3 is 0 Å². The van der Waals surface area contributed by atoms with Crippen LogP contribution in [0.5, 0.6) is 0 Å². The quantitative estimate of drug-likeness (QED) is 0.0669. The summed E-state index contributed by atoms with van der Waals surface area (Å²) in [5.41, 5.74) is 7.41. The van der Waals surface area contributed by atoms with Crippen LogP contribution in [0.2, 0.25) is 0 Å². The maximum absolute atomic E-state index is 4.32. The maximum atomic E-state index is 4.32. The summed E-state index contributed by atoms with van der Waals surface area (Å²) >= 11 is 0. The van der Waals surface area contributed by atoms with Crippen LogP contribution in [-0.2, 0) is 12.8 Å². The number of aromatic nitrogens is 18. The standard InChI is InChI=1S/C13H10N4.C12H10N4.2C11H9N5.C10H8N6/c1-2-4-11-8-16-12(7-10(11)3-1)17-13-9-14-5-6-15-13;1-2-9-6-11(15-7-10(9)3-1)16-12-8-13-4-5-14-12;2*1-2-13-9-6-15-10(5-8(1)9)16-11-7-12-3-4-14-11;1-2-12-10(5-11-1)16-9-3-7-8(4-13-9)15-6-14-7/h1-9H,(H,15,16,17);1,3-8H,2H2,(H,14,15,16);2-7H,1H2,(H,14,15,16);1-7,13H,(H,14,15,16);1-6H,(H,14,15)(H,12,13,16). The minimum absolute atomic E-state index is 0.657. The lowest BCUT2D eigenvalue weighted by atomic mass is 10.2. The third-order valence-electron chi connectivity index (χ3n) is 11.6. The van der Waals surface area contributed by atoms with Gasteiger partial charge in [-0.1, -0.05) is 36.4 Å². The molecule has 394 valence electrons. The molecule has 24 nitrogen and oxygen atoms in total. The molecule has 0 saturated carbocycles. The predicted octanol–water partition coefficient (Wildman–Crippen LogP) is 10.4. The van der Waals surface area contributed by atoms with Crippen molar-refractivity contribution in [2.24, 2.45) is 4.99 Å². The number of hydrogen-bond acceptors (Lipinski definition) is 22. The van der Waals surface area contributed by atoms with Crippen molar-refractivity contribution in [3.05, 3.63) is 220 Å². The van der Waals surface area contributed by atoms with Gasteiger partial charge in [0, 0.05) is 110 Å². The molecular weight excluding hydrogens is 1020 g/mol. The van der Waals surface area contributed by atoms with Gasteiger partial charge in [-0.05, 0) is 58.8 Å². The summed E-state index contributed by atoms with van der Waals surface area (Å²) < 4.78 is 0. The van der Waals surface area contributed by atoms with E-state index in [2.05, 4.69) is 140 Å². The number of H-pyrrole nitrogens is 2. The summed E-state index contributed by atoms with van der Waals surface area (Å²) in [5.74, 6) is 7.23. The molecule has 0 atom stereocenters. The van der Waals surface area contributed by atoms with Gasteiger partial charge in [0.05, 0.1) is 78.1 Å². The molecule has 12 aromatic heterocycles. The van der Waals surface area contributed by atoms with E-state index in [0.717, 1.165) is 74.5 Å². The van der Waals surface area contributed by atoms with Crippen molar-refractivity contribution in [2.45, 2.75) is 12.8 Å². The molecule has 7 N–H and O–H groups in total. The average Bonchev–Trinajstić information content (AvgIpc) is 4.42. The lowest BCUT2D eigenvalue weighted by molar-refractivity contribution is 1.17. The molecular formula is C57H46N24. The highest BCUT2D eigenvalue weighted by Gasteiger charge is 2.10. The zero-order valence-corrected chi connectivity index (χ0v) is 42.7. The van der Waals surface area contributed by atoms with Crippen molar-refractivity contribution >= 4 is 109 Å². The normalized spacial score (nSPS) is 11.3. The largest absolute Gasteiger partial charge is 0.360 e. The Balaban J connectivity index is 0.000000107. The minimum atomic E-state index is 0.657. The number of rotatable bonds is 10. The summed E-state index contributed by atoms with van der Waals surface area (Å²) in [6.07, 6.45) is 45.1. The molecule has 81 heavy (non-hydrogen) atoms. The van der Waals surface area contributed by atoms with Gasteiger partial charge in [-0.3, -0.25) is 29.9 Å². The van der Waals surface area contributed by atoms with Crippen molar-refractivity contribution < 1.29 is 0 Å². The summed E-state index contributed by atoms with van der Waals surface area (Å²) in [5, 5.41) is 18.8. The molecule has 0 fully saturated rings. The Morgan fingerprint density at radius 3 is 1.43 bits per heavy atom. The Labute approximate surface area is 461 Å². The number of allylic oxidation sites excluding steroid dienone is 1. The monoisotopic (exact) mass is 1070 g/mol. The molecule has 0 amide bonds. The molecule has 0 saturated heterocycles. The summed E-state index contributed by atoms with van der Waals surface area (Å²) in [6, 6.07) is 19.9. The highest BCUT2D eigenvalue weighted by atomic mass is 15.1. The van der Waals surface area contributed by atoms with E-state index >= 15 is 0 Å². The molecule has 0 radical (unpaired) electrons. The van der Waals surface area contributed by atoms with E-state index in [0.29, 0.717) is 34.9 Å². The van der Waals surface area contributed by atoms with Gasteiger partial charge in [0.1, 0.15) is 58.2 Å². The van der Waals surface area contributed by atoms with Gasteiger partial charge in [-0.2, -0.15) is 0 Å². The third kappa shape index (κ3) is 14.3. The molecule has 0 unspecified atom stereocenters. The van der Waals surface area contributed by atoms with Gasteiger partial charge in [0.15, 0.2) is 0 Å². The fourth-order valence-corrected chi connectivity index (χ4v) is 7.84. The van der Waals surface area contributed by atoms with Crippen LogP contribution in [0.4, 0.5) is 63.9 Å². The van der Waals surface area contributed by atoms with E-state index in [-0.39, 0.29) is 0 Å². The highest BCUT2D eigenvalue weighted by Crippen LogP contribution is 2.27. The molecule has 1 aromatic carbocycles. The number of nitrogens with zero attached hydrogens (tertiary/aromatic N) is 17. The van der Waals surface area contributed by atoms with E-state index in [4.69, 9.17) is 0 Å². The van der Waals surface area contributed by atoms with Crippen LogP contribution < -0.4 is 26.6 Å². The topological polar surface area (TPSA) is 310 Å². The second-order valence-electron chi connectivity index (χ2n) is 17.2. The first kappa shape index (κ1) is 51.2. The van der Waals surface area contributed by atoms with E-state index in [1.807, 2.05) is 79.4 Å². The number of hydrogen-bond donors (Lipinski definition) is 7. The van der Waals surface area contributed by atoms with Crippen molar-refractivity contribution in [1.29, 1.82) is 0 Å². The predicted molar refractivity (Wildman–Crippen MR) is 311 cm³/mol. The number of aromatic amines is 2. The SMILES string of the molecule is C1=Cc2cnc(Nc3cnccn3)cc2C1.C1=Nc2cnc(Nc3cnccn3)cc2C1.c1ccc2cc(Nc3cnccn3)ncc2c1.c1cnc(Nc2cc3cc[nH]c3cn2)cn1.c1cnc(Nc2cc3nc[nH]c3cn2)cn1. The summed E-state index contributed by atoms with van der Waals surface area (Å²) in [4.78, 5) is 76.3. The second-order valence-corrected chi connectivity index (χ2v) is 17.2. The molecule has 24 heteroatoms. The van der Waals surface area contributed by atoms with Gasteiger partial charge in [-0.25, -0.2) is 54.8 Å². The Hall–Kier alpha value is -12.0. The molecule has 0 bridgehead atoms. The number of anilines is 10. The number of pyridine rings is 5. The zero-order valence-electron chi connectivity index (χ0n) is 42.7. The first-order valence-corrected chi connectivity index (χ1v) is 25.0. The molecule has 1 aliphatic carbocycles. The van der Waals surface area contributed by atoms with Gasteiger partial charge in [0.25, 0.3) is 0 Å². The minimum Gasteiger partial charge on any atom is -0.360 e. The molecule has 13 aromatic rings. The molecule has 0 spiro atoms. The second kappa shape index (κ2) is 25.7. The molecule has 15 rings (SSSR count). The van der Waals surface area contributed by atoms with Crippen LogP contribution in [0.1, 0.15) is 16.7 Å². The van der Waals surface area contributed by atoms with Gasteiger partial charge in [-0.15, -0.1) is 0 Å². The van der Waals surface area contributed by atoms with Crippen LogP contribution in [0.25, 0.3) is 38.8 Å². The number of benzene rings is 1. The first-order valence-electron chi connectivity index (χ1n) is 25.0. The third-order valence-corrected chi connectivity index (χ3v) is 11.6. The van der Waals surface area contributed by atoms with Gasteiger partial charge < -0.3 is 36.6 Å². The van der Waals surface area contributed by atoms with Crippen molar-refractivity contribution in [3.8, 4) is 0 Å². The van der Waals surface area contributed by atoms with E-state index < -0.39 is 0 Å². The van der Waals surface area contributed by atoms with Crippen LogP contribution in [0.15, 0.2) is 208 Å². The highest BCUT2D eigenvalue weighted by molar-refractivity contribution is 5.84. The molecule has 1 aliphatic heterocycles. The van der Waals surface area contributed by atoms with Crippen molar-refractivity contribution in [2.75, 3.05) is 26.6 Å². The number of aliphatic imine (C=N–C) groups is 1. The number of fused-ring (bicyclic) bond motifs is 5. The van der Waals surface area contributed by atoms with E-state index in [9.17, 15) is 0 Å². The average molecular weight is 1070 g/mol. The first-order chi connectivity index (χ1) is 40.1. The number of imidazole rings is 1. The molecule has 2 aliphatic rings. The fourth-order valence-electron chi connectivity index (χ4n) is 7.84. The van der Waals surface area contributed by atoms with E-state index in [1.54, 1.807) is 118 Å². The van der Waals surface area contributed by atoms with Crippen LogP contribution >= 0.6 is 0 Å². The van der Waals surface area contributed by atoms with Crippen LogP contribution in [-0.4, -0.2) is 95.9 Å². The smallest absolute Gasteiger partial charge is 0.150 e. The van der Waals surface area contributed by atoms with E-state index in [1.165, 1.54) is 16.7 Å². The molecule has 13 heterocycles. The maximum Gasteiger partial charge on any atom is 0.150 e. The Morgan fingerprint density at radius 1 is 0.358 bits per heavy atom. The fraction of sp³-hybridized carbons (Fsp3) is 0.0351. The Bertz CT molecular complexity index is 3960. The lowest BCUT2D eigenvalue weighted by Crippen LogP contribution is -1.97. The summed E-state index contributed by atoms with van der Waals surface area (Å²) in [6.45, 7) is 0. The Kier molecular flexibility index (Phi) is 16.3. The van der Waals surface area contributed by atoms with Crippen molar-refractivity contribution in [1.82, 2.24) is 89.7 Å². The lowest BCUT2D eigenvalue weighted by Gasteiger charge is -2.05.